The van der Waals surface area contributed by atoms with Crippen LogP contribution >= 0.6 is 0 Å². The third kappa shape index (κ3) is 3.79. The average molecular weight is 346 g/mol. The van der Waals surface area contributed by atoms with Crippen LogP contribution in [0.5, 0.6) is 5.75 Å². The van der Waals surface area contributed by atoms with Crippen molar-refractivity contribution in [2.45, 2.75) is 50.7 Å². The summed E-state index contributed by atoms with van der Waals surface area (Å²) in [4.78, 5) is 26.3. The largest absolute Gasteiger partial charge is 0.491 e. The first-order valence-corrected chi connectivity index (χ1v) is 9.01. The van der Waals surface area contributed by atoms with Crippen molar-refractivity contribution < 1.29 is 19.4 Å². The highest BCUT2D eigenvalue weighted by atomic mass is 16.5. The molecule has 25 heavy (non-hydrogen) atoms. The number of ether oxygens (including phenoxy) is 1. The van der Waals surface area contributed by atoms with E-state index in [4.69, 9.17) is 4.74 Å². The van der Waals surface area contributed by atoms with Gasteiger partial charge in [0.2, 0.25) is 0 Å². The molecule has 2 aliphatic rings. The number of imide groups is 1. The molecule has 1 saturated heterocycles. The molecule has 0 bridgehead atoms. The van der Waals surface area contributed by atoms with Gasteiger partial charge in [-0.05, 0) is 37.8 Å². The van der Waals surface area contributed by atoms with Crippen LogP contribution in [0.25, 0.3) is 0 Å². The fourth-order valence-corrected chi connectivity index (χ4v) is 3.81. The molecule has 0 radical (unpaired) electrons. The minimum Gasteiger partial charge on any atom is -0.491 e. The van der Waals surface area contributed by atoms with Gasteiger partial charge in [-0.15, -0.1) is 0 Å². The van der Waals surface area contributed by atoms with Gasteiger partial charge in [-0.25, -0.2) is 4.79 Å². The number of benzene rings is 1. The number of amides is 3. The van der Waals surface area contributed by atoms with Gasteiger partial charge in [0.15, 0.2) is 0 Å². The fraction of sp³-hybridized carbons (Fsp3) is 0.579. The van der Waals surface area contributed by atoms with E-state index in [-0.39, 0.29) is 25.0 Å². The second-order valence-electron chi connectivity index (χ2n) is 7.16. The summed E-state index contributed by atoms with van der Waals surface area (Å²) in [6.45, 7) is 1.79. The summed E-state index contributed by atoms with van der Waals surface area (Å²) in [5.74, 6) is 0.578. The minimum atomic E-state index is -0.927. The number of rotatable bonds is 6. The van der Waals surface area contributed by atoms with Crippen molar-refractivity contribution >= 4 is 11.9 Å². The third-order valence-electron chi connectivity index (χ3n) is 5.30. The van der Waals surface area contributed by atoms with Crippen molar-refractivity contribution in [1.29, 1.82) is 0 Å². The number of urea groups is 1. The number of hydrogen-bond donors (Lipinski definition) is 2. The van der Waals surface area contributed by atoms with Gasteiger partial charge < -0.3 is 15.2 Å². The van der Waals surface area contributed by atoms with Crippen LogP contribution in [0.15, 0.2) is 30.3 Å². The standard InChI is InChI=1S/C19H26N2O4/c1-19(14-8-4-2-5-9-14)17(23)21(18(24)20-19)12-15(22)13-25-16-10-6-3-7-11-16/h3,6-7,10-11,14-15,22H,2,4-5,8-9,12-13H2,1H3,(H,20,24)/t15-,19+/m1/s1. The fourth-order valence-electron chi connectivity index (χ4n) is 3.81. The van der Waals surface area contributed by atoms with Crippen LogP contribution in [0.2, 0.25) is 0 Å². The first kappa shape index (κ1) is 17.7. The van der Waals surface area contributed by atoms with E-state index >= 15 is 0 Å². The van der Waals surface area contributed by atoms with Crippen LogP contribution in [-0.4, -0.2) is 46.7 Å². The minimum absolute atomic E-state index is 0.0290. The molecule has 1 aliphatic heterocycles. The molecule has 1 saturated carbocycles. The van der Waals surface area contributed by atoms with Gasteiger partial charge in [-0.1, -0.05) is 37.5 Å². The third-order valence-corrected chi connectivity index (χ3v) is 5.30. The summed E-state index contributed by atoms with van der Waals surface area (Å²) in [5, 5.41) is 13.1. The Bertz CT molecular complexity index is 615. The summed E-state index contributed by atoms with van der Waals surface area (Å²) in [6.07, 6.45) is 4.36. The van der Waals surface area contributed by atoms with E-state index in [1.807, 2.05) is 25.1 Å². The molecule has 0 unspecified atom stereocenters. The monoisotopic (exact) mass is 346 g/mol. The maximum Gasteiger partial charge on any atom is 0.325 e. The Morgan fingerprint density at radius 2 is 1.92 bits per heavy atom. The number of carbonyl (C=O) groups is 2. The smallest absolute Gasteiger partial charge is 0.325 e. The summed E-state index contributed by atoms with van der Waals surface area (Å²) in [6, 6.07) is 8.73. The average Bonchev–Trinajstić information content (AvgIpc) is 2.86. The molecule has 1 heterocycles. The van der Waals surface area contributed by atoms with Gasteiger partial charge in [0.25, 0.3) is 5.91 Å². The van der Waals surface area contributed by atoms with Gasteiger partial charge in [0, 0.05) is 0 Å². The SMILES string of the molecule is C[C@@]1(C2CCCCC2)NC(=O)N(C[C@@H](O)COc2ccccc2)C1=O. The quantitative estimate of drug-likeness (QED) is 0.775. The number of nitrogens with zero attached hydrogens (tertiary/aromatic N) is 1. The normalized spacial score (nSPS) is 25.8. The summed E-state index contributed by atoms with van der Waals surface area (Å²) in [7, 11) is 0. The van der Waals surface area contributed by atoms with Crippen LogP contribution in [0.1, 0.15) is 39.0 Å². The first-order chi connectivity index (χ1) is 12.0. The Hall–Kier alpha value is -2.08. The number of hydrogen-bond acceptors (Lipinski definition) is 4. The van der Waals surface area contributed by atoms with E-state index in [9.17, 15) is 14.7 Å². The van der Waals surface area contributed by atoms with Gasteiger partial charge in [0.05, 0.1) is 6.54 Å². The van der Waals surface area contributed by atoms with Gasteiger partial charge in [-0.2, -0.15) is 0 Å². The summed E-state index contributed by atoms with van der Waals surface area (Å²) < 4.78 is 5.50. The lowest BCUT2D eigenvalue weighted by Crippen LogP contribution is -2.51. The molecule has 1 aliphatic carbocycles. The Kier molecular flexibility index (Phi) is 5.27. The Labute approximate surface area is 148 Å². The van der Waals surface area contributed by atoms with E-state index in [1.54, 1.807) is 12.1 Å². The number of nitrogens with one attached hydrogen (secondary N) is 1. The highest BCUT2D eigenvalue weighted by molar-refractivity contribution is 6.07. The molecule has 3 amide bonds. The zero-order valence-corrected chi connectivity index (χ0v) is 14.6. The lowest BCUT2D eigenvalue weighted by atomic mass is 9.75. The van der Waals surface area contributed by atoms with E-state index in [0.717, 1.165) is 30.6 Å². The molecular weight excluding hydrogens is 320 g/mol. The zero-order valence-electron chi connectivity index (χ0n) is 14.6. The number of para-hydroxylation sites is 1. The predicted octanol–water partition coefficient (Wildman–Crippen LogP) is 2.32. The summed E-state index contributed by atoms with van der Waals surface area (Å²) in [5.41, 5.74) is -0.850. The van der Waals surface area contributed by atoms with Gasteiger partial charge in [-0.3, -0.25) is 9.69 Å². The molecule has 6 heteroatoms. The number of β-amino-alcohol motifs (C(OH)–C–C–N with tert-alkyl or cyclic N) is 1. The Balaban J connectivity index is 1.58. The molecule has 1 aromatic rings. The Morgan fingerprint density at radius 3 is 2.60 bits per heavy atom. The molecular formula is C19H26N2O4. The van der Waals surface area contributed by atoms with Gasteiger partial charge >= 0.3 is 6.03 Å². The van der Waals surface area contributed by atoms with Crippen LogP contribution in [0.3, 0.4) is 0 Å². The first-order valence-electron chi connectivity index (χ1n) is 9.01. The van der Waals surface area contributed by atoms with E-state index in [2.05, 4.69) is 5.32 Å². The highest BCUT2D eigenvalue weighted by Gasteiger charge is 2.52. The van der Waals surface area contributed by atoms with Crippen LogP contribution in [-0.2, 0) is 4.79 Å². The predicted molar refractivity (Wildman–Crippen MR) is 93.2 cm³/mol. The van der Waals surface area contributed by atoms with E-state index < -0.39 is 17.7 Å². The van der Waals surface area contributed by atoms with E-state index in [1.165, 1.54) is 6.42 Å². The van der Waals surface area contributed by atoms with Crippen LogP contribution < -0.4 is 10.1 Å². The molecule has 1 aromatic carbocycles. The molecule has 6 nitrogen and oxygen atoms in total. The molecule has 2 atom stereocenters. The second-order valence-corrected chi connectivity index (χ2v) is 7.16. The molecule has 0 aromatic heterocycles. The lowest BCUT2D eigenvalue weighted by molar-refractivity contribution is -0.134. The highest BCUT2D eigenvalue weighted by Crippen LogP contribution is 2.36. The second kappa shape index (κ2) is 7.44. The van der Waals surface area contributed by atoms with E-state index in [0.29, 0.717) is 5.75 Å². The molecule has 3 rings (SSSR count). The van der Waals surface area contributed by atoms with Crippen molar-refractivity contribution in [2.75, 3.05) is 13.2 Å². The van der Waals surface area contributed by atoms with Crippen molar-refractivity contribution in [1.82, 2.24) is 10.2 Å². The van der Waals surface area contributed by atoms with Crippen LogP contribution in [0, 0.1) is 5.92 Å². The van der Waals surface area contributed by atoms with Crippen molar-refractivity contribution in [3.05, 3.63) is 30.3 Å². The number of carbonyl (C=O) groups excluding carboxylic acids is 2. The lowest BCUT2D eigenvalue weighted by Gasteiger charge is -2.34. The maximum absolute atomic E-state index is 12.8. The number of aliphatic hydroxyl groups excluding tert-OH is 1. The Morgan fingerprint density at radius 1 is 1.24 bits per heavy atom. The maximum atomic E-state index is 12.8. The van der Waals surface area contributed by atoms with Crippen molar-refractivity contribution in [3.63, 3.8) is 0 Å². The topological polar surface area (TPSA) is 78.9 Å². The van der Waals surface area contributed by atoms with Crippen LogP contribution in [0.4, 0.5) is 4.79 Å². The summed E-state index contributed by atoms with van der Waals surface area (Å²) >= 11 is 0. The van der Waals surface area contributed by atoms with Crippen molar-refractivity contribution in [2.24, 2.45) is 5.92 Å². The molecule has 2 fully saturated rings. The molecule has 0 spiro atoms. The molecule has 136 valence electrons. The number of aliphatic hydroxyl groups is 1. The molecule has 2 N–H and O–H groups in total. The van der Waals surface area contributed by atoms with Crippen molar-refractivity contribution in [3.8, 4) is 5.75 Å². The van der Waals surface area contributed by atoms with Gasteiger partial charge in [0.1, 0.15) is 24.0 Å². The zero-order chi connectivity index (χ0) is 17.9.